The van der Waals surface area contributed by atoms with Crippen LogP contribution in [-0.2, 0) is 27.2 Å². The molecule has 0 aromatic rings. The lowest BCUT2D eigenvalue weighted by atomic mass is 10.4. The SMILES string of the molecule is C=C(C)COC(CC)(OCC)[Si](C)(CCC)O[Si](C)(CCC)O[Si](C)(CCC)C(CC)(OCC)OCC(=C)C. The molecule has 0 saturated carbocycles. The van der Waals surface area contributed by atoms with Crippen molar-refractivity contribution in [1.82, 2.24) is 0 Å². The first-order chi connectivity index (χ1) is 18.2. The van der Waals surface area contributed by atoms with Gasteiger partial charge in [-0.1, -0.05) is 78.2 Å². The molecule has 4 unspecified atom stereocenters. The first-order valence-electron chi connectivity index (χ1n) is 15.4. The minimum atomic E-state index is -2.76. The van der Waals surface area contributed by atoms with Gasteiger partial charge in [-0.25, -0.2) is 0 Å². The topological polar surface area (TPSA) is 55.4 Å². The molecule has 232 valence electrons. The zero-order valence-corrected chi connectivity index (χ0v) is 30.8. The maximum Gasteiger partial charge on any atom is 0.314 e. The van der Waals surface area contributed by atoms with E-state index in [1.807, 2.05) is 27.7 Å². The van der Waals surface area contributed by atoms with Gasteiger partial charge in [0.2, 0.25) is 16.6 Å². The zero-order valence-electron chi connectivity index (χ0n) is 27.8. The van der Waals surface area contributed by atoms with Crippen LogP contribution in [0.25, 0.3) is 0 Å². The lowest BCUT2D eigenvalue weighted by molar-refractivity contribution is -0.189. The molecule has 0 fully saturated rings. The molecular weight excluding hydrogens is 541 g/mol. The Morgan fingerprint density at radius 1 is 0.564 bits per heavy atom. The van der Waals surface area contributed by atoms with E-state index in [1.165, 1.54) is 0 Å². The highest BCUT2D eigenvalue weighted by Gasteiger charge is 2.60. The van der Waals surface area contributed by atoms with Gasteiger partial charge in [-0.3, -0.25) is 0 Å². The Morgan fingerprint density at radius 3 is 1.13 bits per heavy atom. The van der Waals surface area contributed by atoms with Crippen molar-refractivity contribution in [2.24, 2.45) is 0 Å². The molecule has 6 nitrogen and oxygen atoms in total. The van der Waals surface area contributed by atoms with Crippen molar-refractivity contribution in [3.63, 3.8) is 0 Å². The number of hydrogen-bond acceptors (Lipinski definition) is 6. The normalized spacial score (nSPS) is 19.8. The Morgan fingerprint density at radius 2 is 0.897 bits per heavy atom. The van der Waals surface area contributed by atoms with Crippen molar-refractivity contribution < 1.29 is 27.2 Å². The van der Waals surface area contributed by atoms with Gasteiger partial charge in [0.25, 0.3) is 0 Å². The van der Waals surface area contributed by atoms with Crippen LogP contribution in [0.2, 0.25) is 37.8 Å². The predicted octanol–water partition coefficient (Wildman–Crippen LogP) is 9.02. The van der Waals surface area contributed by atoms with Crippen molar-refractivity contribution >= 4 is 25.2 Å². The summed E-state index contributed by atoms with van der Waals surface area (Å²) in [4.78, 5) is 0. The summed E-state index contributed by atoms with van der Waals surface area (Å²) in [5, 5.41) is 0. The molecule has 0 radical (unpaired) electrons. The van der Waals surface area contributed by atoms with Crippen molar-refractivity contribution in [3.05, 3.63) is 24.3 Å². The molecule has 4 atom stereocenters. The van der Waals surface area contributed by atoms with E-state index in [2.05, 4.69) is 67.4 Å². The van der Waals surface area contributed by atoms with Gasteiger partial charge < -0.3 is 27.2 Å². The molecule has 0 saturated heterocycles. The Balaban J connectivity index is 6.90. The van der Waals surface area contributed by atoms with Crippen molar-refractivity contribution in [3.8, 4) is 0 Å². The van der Waals surface area contributed by atoms with Gasteiger partial charge in [-0.15, -0.1) is 0 Å². The van der Waals surface area contributed by atoms with Crippen LogP contribution < -0.4 is 0 Å². The van der Waals surface area contributed by atoms with E-state index in [0.29, 0.717) is 26.4 Å². The van der Waals surface area contributed by atoms with Crippen molar-refractivity contribution in [2.45, 2.75) is 143 Å². The predicted molar refractivity (Wildman–Crippen MR) is 173 cm³/mol. The average molecular weight is 605 g/mol. The molecule has 0 spiro atoms. The third-order valence-corrected chi connectivity index (χ3v) is 23.3. The molecule has 0 N–H and O–H groups in total. The summed E-state index contributed by atoms with van der Waals surface area (Å²) in [5.74, 6) is 0. The lowest BCUT2D eigenvalue weighted by Gasteiger charge is -2.53. The Labute approximate surface area is 245 Å². The highest BCUT2D eigenvalue weighted by molar-refractivity contribution is 6.90. The third kappa shape index (κ3) is 10.6. The highest BCUT2D eigenvalue weighted by atomic mass is 28.5. The van der Waals surface area contributed by atoms with Crippen LogP contribution in [0.3, 0.4) is 0 Å². The van der Waals surface area contributed by atoms with Gasteiger partial charge >= 0.3 is 8.56 Å². The van der Waals surface area contributed by atoms with E-state index in [9.17, 15) is 0 Å². The molecule has 0 aliphatic carbocycles. The number of hydrogen-bond donors (Lipinski definition) is 0. The quantitative estimate of drug-likeness (QED) is 0.0622. The molecule has 0 aliphatic rings. The second-order valence-corrected chi connectivity index (χ2v) is 23.5. The average Bonchev–Trinajstić information content (AvgIpc) is 2.84. The molecule has 0 aliphatic heterocycles. The van der Waals surface area contributed by atoms with E-state index in [1.54, 1.807) is 0 Å². The Bertz CT molecular complexity index is 683. The van der Waals surface area contributed by atoms with E-state index in [-0.39, 0.29) is 0 Å². The van der Waals surface area contributed by atoms with E-state index in [0.717, 1.165) is 61.4 Å². The molecule has 0 amide bonds. The maximum atomic E-state index is 7.52. The molecule has 0 aromatic carbocycles. The van der Waals surface area contributed by atoms with Crippen LogP contribution >= 0.6 is 0 Å². The highest BCUT2D eigenvalue weighted by Crippen LogP contribution is 2.43. The first-order valence-corrected chi connectivity index (χ1v) is 23.2. The summed E-state index contributed by atoms with van der Waals surface area (Å²) in [6.45, 7) is 36.1. The molecule has 0 heterocycles. The molecule has 39 heavy (non-hydrogen) atoms. The second-order valence-electron chi connectivity index (χ2n) is 11.6. The summed E-state index contributed by atoms with van der Waals surface area (Å²) in [5.41, 5.74) is 0.408. The fraction of sp³-hybridized carbons (Fsp3) is 0.867. The largest absolute Gasteiger partial charge is 0.432 e. The molecule has 9 heteroatoms. The summed E-state index contributed by atoms with van der Waals surface area (Å²) < 4.78 is 41.3. The summed E-state index contributed by atoms with van der Waals surface area (Å²) in [6.07, 6.45) is 4.41. The van der Waals surface area contributed by atoms with Crippen LogP contribution in [0.1, 0.15) is 94.4 Å². The van der Waals surface area contributed by atoms with E-state index in [4.69, 9.17) is 27.2 Å². The van der Waals surface area contributed by atoms with Crippen LogP contribution in [0, 0.1) is 0 Å². The van der Waals surface area contributed by atoms with Crippen LogP contribution in [0.4, 0.5) is 0 Å². The van der Waals surface area contributed by atoms with Crippen molar-refractivity contribution in [2.75, 3.05) is 26.4 Å². The second kappa shape index (κ2) is 17.8. The van der Waals surface area contributed by atoms with Crippen LogP contribution in [0.5, 0.6) is 0 Å². The smallest absolute Gasteiger partial charge is 0.314 e. The lowest BCUT2D eigenvalue weighted by Crippen LogP contribution is -2.70. The minimum Gasteiger partial charge on any atom is -0.432 e. The Kier molecular flexibility index (Phi) is 17.7. The van der Waals surface area contributed by atoms with Gasteiger partial charge in [0.05, 0.1) is 13.2 Å². The van der Waals surface area contributed by atoms with Crippen LogP contribution in [0.15, 0.2) is 24.3 Å². The van der Waals surface area contributed by atoms with E-state index < -0.39 is 36.0 Å². The molecule has 0 bridgehead atoms. The monoisotopic (exact) mass is 604 g/mol. The van der Waals surface area contributed by atoms with Gasteiger partial charge in [0.15, 0.2) is 10.8 Å². The fourth-order valence-corrected chi connectivity index (χ4v) is 23.7. The maximum absolute atomic E-state index is 7.52. The summed E-state index contributed by atoms with van der Waals surface area (Å²) >= 11 is 0. The van der Waals surface area contributed by atoms with Gasteiger partial charge in [0.1, 0.15) is 0 Å². The minimum absolute atomic E-state index is 0.455. The summed E-state index contributed by atoms with van der Waals surface area (Å²) in [6, 6.07) is 2.75. The summed E-state index contributed by atoms with van der Waals surface area (Å²) in [7, 11) is -8.08. The number of rotatable bonds is 24. The molecular formula is C30H64O6Si3. The first kappa shape index (κ1) is 38.9. The fourth-order valence-electron chi connectivity index (χ4n) is 5.92. The Hall–Kier alpha value is -0.109. The zero-order chi connectivity index (χ0) is 30.4. The number of ether oxygens (including phenoxy) is 4. The third-order valence-electron chi connectivity index (χ3n) is 7.44. The molecule has 0 rings (SSSR count). The van der Waals surface area contributed by atoms with Crippen LogP contribution in [-0.4, -0.2) is 62.4 Å². The van der Waals surface area contributed by atoms with Gasteiger partial charge in [-0.2, -0.15) is 0 Å². The standard InChI is InChI=1S/C30H64O6Si3/c1-15-22-37(12,29(18-4,31-20-6)33-25-27(8)9)35-39(14,24-17-3)36-38(13,23-16-2)30(19-5,32-21-7)34-26-28(10)11/h8,10,15-26H2,1-7,9,11-14H3. The van der Waals surface area contributed by atoms with Crippen molar-refractivity contribution in [1.29, 1.82) is 0 Å². The van der Waals surface area contributed by atoms with E-state index >= 15 is 0 Å². The molecule has 0 aromatic heterocycles. The van der Waals surface area contributed by atoms with Gasteiger partial charge in [0, 0.05) is 13.2 Å². The van der Waals surface area contributed by atoms with Gasteiger partial charge in [-0.05, 0) is 78.3 Å².